The van der Waals surface area contributed by atoms with Crippen LogP contribution >= 0.6 is 0 Å². The summed E-state index contributed by atoms with van der Waals surface area (Å²) in [5.74, 6) is 0.00145. The van der Waals surface area contributed by atoms with E-state index >= 15 is 0 Å². The van der Waals surface area contributed by atoms with Gasteiger partial charge in [0.1, 0.15) is 0 Å². The highest BCUT2D eigenvalue weighted by molar-refractivity contribution is 5.29. The fourth-order valence-electron chi connectivity index (χ4n) is 1.29. The van der Waals surface area contributed by atoms with Crippen molar-refractivity contribution < 1.29 is 9.13 Å². The van der Waals surface area contributed by atoms with E-state index < -0.39 is 0 Å². The number of hydrogen-bond acceptors (Lipinski definition) is 2. The molecule has 1 N–H and O–H groups in total. The van der Waals surface area contributed by atoms with Crippen molar-refractivity contribution in [2.24, 2.45) is 0 Å². The summed E-state index contributed by atoms with van der Waals surface area (Å²) < 4.78 is 18.8. The summed E-state index contributed by atoms with van der Waals surface area (Å²) in [5.41, 5.74) is 0.926. The van der Waals surface area contributed by atoms with Crippen LogP contribution in [0.1, 0.15) is 18.9 Å². The predicted molar refractivity (Wildman–Crippen MR) is 64.1 cm³/mol. The lowest BCUT2D eigenvalue weighted by atomic mass is 10.2. The zero-order chi connectivity index (χ0) is 11.8. The van der Waals surface area contributed by atoms with Crippen molar-refractivity contribution in [3.05, 3.63) is 42.2 Å². The Hall–Kier alpha value is -1.35. The molecule has 0 unspecified atom stereocenters. The molecule has 1 aromatic rings. The van der Waals surface area contributed by atoms with E-state index in [2.05, 4.69) is 11.9 Å². The van der Waals surface area contributed by atoms with Gasteiger partial charge in [-0.1, -0.05) is 19.1 Å². The van der Waals surface area contributed by atoms with Gasteiger partial charge in [-0.3, -0.25) is 0 Å². The van der Waals surface area contributed by atoms with Gasteiger partial charge in [0.15, 0.2) is 11.6 Å². The van der Waals surface area contributed by atoms with Gasteiger partial charge in [-0.25, -0.2) is 4.39 Å². The Kier molecular flexibility index (Phi) is 5.57. The Bertz CT molecular complexity index is 339. The highest BCUT2D eigenvalue weighted by Crippen LogP contribution is 2.18. The summed E-state index contributed by atoms with van der Waals surface area (Å²) >= 11 is 0. The molecule has 0 heterocycles. The van der Waals surface area contributed by atoms with Crippen LogP contribution in [0.5, 0.6) is 5.75 Å². The molecule has 0 fully saturated rings. The van der Waals surface area contributed by atoms with Crippen LogP contribution in [0, 0.1) is 5.82 Å². The Morgan fingerprint density at radius 3 is 2.94 bits per heavy atom. The highest BCUT2D eigenvalue weighted by Gasteiger charge is 2.03. The van der Waals surface area contributed by atoms with Crippen molar-refractivity contribution in [1.29, 1.82) is 0 Å². The molecule has 0 spiro atoms. The minimum absolute atomic E-state index is 0.306. The summed E-state index contributed by atoms with van der Waals surface area (Å²) in [5, 5.41) is 3.14. The third-order valence-corrected chi connectivity index (χ3v) is 2.15. The van der Waals surface area contributed by atoms with Crippen LogP contribution in [0.25, 0.3) is 0 Å². The first-order chi connectivity index (χ1) is 7.77. The monoisotopic (exact) mass is 223 g/mol. The second-order valence-electron chi connectivity index (χ2n) is 3.47. The molecule has 1 aromatic carbocycles. The predicted octanol–water partition coefficient (Wildman–Crippen LogP) is 2.89. The molecule has 1 rings (SSSR count). The summed E-state index contributed by atoms with van der Waals surface area (Å²) in [6.07, 6.45) is 2.47. The SMILES string of the molecule is C=CCCOc1ccc(CNCC)cc1F. The van der Waals surface area contributed by atoms with Crippen molar-refractivity contribution in [3.63, 3.8) is 0 Å². The van der Waals surface area contributed by atoms with E-state index in [9.17, 15) is 4.39 Å². The van der Waals surface area contributed by atoms with E-state index in [-0.39, 0.29) is 5.82 Å². The van der Waals surface area contributed by atoms with Gasteiger partial charge >= 0.3 is 0 Å². The maximum absolute atomic E-state index is 13.5. The fourth-order valence-corrected chi connectivity index (χ4v) is 1.29. The molecule has 0 amide bonds. The summed E-state index contributed by atoms with van der Waals surface area (Å²) in [4.78, 5) is 0. The molecule has 2 nitrogen and oxygen atoms in total. The summed E-state index contributed by atoms with van der Waals surface area (Å²) in [7, 11) is 0. The van der Waals surface area contributed by atoms with Crippen molar-refractivity contribution in [2.75, 3.05) is 13.2 Å². The molecule has 0 bridgehead atoms. The molecule has 0 aliphatic rings. The fraction of sp³-hybridized carbons (Fsp3) is 0.385. The van der Waals surface area contributed by atoms with E-state index in [4.69, 9.17) is 4.74 Å². The van der Waals surface area contributed by atoms with Gasteiger partial charge in [0.2, 0.25) is 0 Å². The van der Waals surface area contributed by atoms with Crippen LogP contribution in [0.3, 0.4) is 0 Å². The van der Waals surface area contributed by atoms with Crippen molar-refractivity contribution in [3.8, 4) is 5.75 Å². The Labute approximate surface area is 96.1 Å². The molecule has 0 aliphatic heterocycles. The molecule has 3 heteroatoms. The van der Waals surface area contributed by atoms with Crippen LogP contribution in [0.4, 0.5) is 4.39 Å². The average molecular weight is 223 g/mol. The maximum Gasteiger partial charge on any atom is 0.165 e. The van der Waals surface area contributed by atoms with Gasteiger partial charge in [-0.15, -0.1) is 6.58 Å². The summed E-state index contributed by atoms with van der Waals surface area (Å²) in [6.45, 7) is 7.62. The minimum atomic E-state index is -0.306. The van der Waals surface area contributed by atoms with Crippen LogP contribution < -0.4 is 10.1 Å². The molecule has 0 aromatic heterocycles. The zero-order valence-corrected chi connectivity index (χ0v) is 9.63. The minimum Gasteiger partial charge on any atom is -0.490 e. The van der Waals surface area contributed by atoms with Crippen molar-refractivity contribution in [1.82, 2.24) is 5.32 Å². The van der Waals surface area contributed by atoms with Crippen molar-refractivity contribution in [2.45, 2.75) is 19.9 Å². The molecule has 16 heavy (non-hydrogen) atoms. The quantitative estimate of drug-likeness (QED) is 0.567. The van der Waals surface area contributed by atoms with E-state index in [0.717, 1.165) is 18.5 Å². The number of hydrogen-bond donors (Lipinski definition) is 1. The molecule has 0 atom stereocenters. The molecular formula is C13H18FNO. The van der Waals surface area contributed by atoms with Crippen LogP contribution in [-0.2, 0) is 6.54 Å². The zero-order valence-electron chi connectivity index (χ0n) is 9.63. The Morgan fingerprint density at radius 1 is 1.50 bits per heavy atom. The standard InChI is InChI=1S/C13H18FNO/c1-3-5-8-16-13-7-6-11(9-12(13)14)10-15-4-2/h3,6-7,9,15H,1,4-5,8,10H2,2H3. The topological polar surface area (TPSA) is 21.3 Å². The second kappa shape index (κ2) is 7.01. The number of ether oxygens (including phenoxy) is 1. The third kappa shape index (κ3) is 4.03. The van der Waals surface area contributed by atoms with E-state index in [1.54, 1.807) is 12.1 Å². The lowest BCUT2D eigenvalue weighted by Crippen LogP contribution is -2.11. The van der Waals surface area contributed by atoms with E-state index in [0.29, 0.717) is 18.9 Å². The van der Waals surface area contributed by atoms with E-state index in [1.807, 2.05) is 13.0 Å². The lowest BCUT2D eigenvalue weighted by molar-refractivity contribution is 0.308. The first-order valence-electron chi connectivity index (χ1n) is 5.50. The lowest BCUT2D eigenvalue weighted by Gasteiger charge is -2.08. The molecule has 0 radical (unpaired) electrons. The maximum atomic E-state index is 13.5. The summed E-state index contributed by atoms with van der Waals surface area (Å²) in [6, 6.07) is 5.05. The van der Waals surface area contributed by atoms with Crippen molar-refractivity contribution >= 4 is 0 Å². The van der Waals surface area contributed by atoms with Gasteiger partial charge in [0, 0.05) is 6.54 Å². The first-order valence-corrected chi connectivity index (χ1v) is 5.50. The number of benzene rings is 1. The van der Waals surface area contributed by atoms with Gasteiger partial charge in [0.25, 0.3) is 0 Å². The van der Waals surface area contributed by atoms with Crippen LogP contribution in [0.15, 0.2) is 30.9 Å². The first kappa shape index (κ1) is 12.7. The van der Waals surface area contributed by atoms with E-state index in [1.165, 1.54) is 6.07 Å². The Morgan fingerprint density at radius 2 is 2.31 bits per heavy atom. The molecular weight excluding hydrogens is 205 g/mol. The largest absolute Gasteiger partial charge is 0.490 e. The number of nitrogens with one attached hydrogen (secondary N) is 1. The molecule has 0 aliphatic carbocycles. The average Bonchev–Trinajstić information content (AvgIpc) is 2.29. The van der Waals surface area contributed by atoms with Gasteiger partial charge in [-0.05, 0) is 30.7 Å². The van der Waals surface area contributed by atoms with Gasteiger partial charge < -0.3 is 10.1 Å². The normalized spacial score (nSPS) is 10.1. The van der Waals surface area contributed by atoms with Gasteiger partial charge in [-0.2, -0.15) is 0 Å². The van der Waals surface area contributed by atoms with Crippen LogP contribution in [0.2, 0.25) is 0 Å². The highest BCUT2D eigenvalue weighted by atomic mass is 19.1. The van der Waals surface area contributed by atoms with Gasteiger partial charge in [0.05, 0.1) is 6.61 Å². The third-order valence-electron chi connectivity index (χ3n) is 2.15. The smallest absolute Gasteiger partial charge is 0.165 e. The Balaban J connectivity index is 2.56. The van der Waals surface area contributed by atoms with Crippen LogP contribution in [-0.4, -0.2) is 13.2 Å². The molecule has 0 saturated carbocycles. The number of rotatable bonds is 7. The number of halogens is 1. The molecule has 0 saturated heterocycles. The molecule has 88 valence electrons. The second-order valence-corrected chi connectivity index (χ2v) is 3.47.